The molecule has 110 valence electrons. The molecule has 1 aliphatic heterocycles. The zero-order valence-corrected chi connectivity index (χ0v) is 12.1. The first kappa shape index (κ1) is 15.0. The number of benzene rings is 1. The van der Waals surface area contributed by atoms with Crippen molar-refractivity contribution in [2.45, 2.75) is 36.9 Å². The summed E-state index contributed by atoms with van der Waals surface area (Å²) in [6.45, 7) is 2.27. The van der Waals surface area contributed by atoms with Crippen LogP contribution in [0.2, 0.25) is 0 Å². The van der Waals surface area contributed by atoms with Crippen LogP contribution in [0.25, 0.3) is 0 Å². The predicted molar refractivity (Wildman–Crippen MR) is 74.2 cm³/mol. The molecule has 0 amide bonds. The molecule has 1 aliphatic rings. The number of carboxylic acid groups (broad SMARTS) is 1. The van der Waals surface area contributed by atoms with Gasteiger partial charge in [-0.15, -0.1) is 0 Å². The number of hydrogen-bond donors (Lipinski definition) is 1. The van der Waals surface area contributed by atoms with Gasteiger partial charge in [0.2, 0.25) is 0 Å². The van der Waals surface area contributed by atoms with Crippen molar-refractivity contribution in [1.82, 2.24) is 0 Å². The van der Waals surface area contributed by atoms with Gasteiger partial charge in [0, 0.05) is 6.61 Å². The number of carbonyl (C=O) groups is 1. The monoisotopic (exact) mass is 298 g/mol. The van der Waals surface area contributed by atoms with Crippen LogP contribution in [0, 0.1) is 0 Å². The highest BCUT2D eigenvalue weighted by Gasteiger charge is 2.35. The van der Waals surface area contributed by atoms with Gasteiger partial charge in [0.15, 0.2) is 9.84 Å². The van der Waals surface area contributed by atoms with Crippen molar-refractivity contribution in [3.05, 3.63) is 35.4 Å². The average Bonchev–Trinajstić information content (AvgIpc) is 2.78. The molecule has 1 fully saturated rings. The van der Waals surface area contributed by atoms with Crippen molar-refractivity contribution >= 4 is 15.8 Å². The second kappa shape index (κ2) is 5.93. The Hall–Kier alpha value is -1.40. The van der Waals surface area contributed by atoms with E-state index in [1.165, 1.54) is 0 Å². The minimum atomic E-state index is -3.24. The first-order chi connectivity index (χ1) is 9.38. The molecule has 1 saturated heterocycles. The molecule has 0 radical (unpaired) electrons. The second-order valence-electron chi connectivity index (χ2n) is 5.10. The lowest BCUT2D eigenvalue weighted by molar-refractivity contribution is -0.136. The first-order valence-corrected chi connectivity index (χ1v) is 8.23. The van der Waals surface area contributed by atoms with Crippen molar-refractivity contribution < 1.29 is 23.1 Å². The summed E-state index contributed by atoms with van der Waals surface area (Å²) in [5, 5.41) is 8.24. The summed E-state index contributed by atoms with van der Waals surface area (Å²) < 4.78 is 29.9. The van der Waals surface area contributed by atoms with Crippen LogP contribution in [0.4, 0.5) is 0 Å². The molecule has 0 saturated carbocycles. The number of ether oxygens (including phenoxy) is 1. The van der Waals surface area contributed by atoms with E-state index in [2.05, 4.69) is 0 Å². The van der Waals surface area contributed by atoms with Gasteiger partial charge in [-0.05, 0) is 24.5 Å². The van der Waals surface area contributed by atoms with Crippen LogP contribution in [0.5, 0.6) is 0 Å². The minimum absolute atomic E-state index is 0.0290. The van der Waals surface area contributed by atoms with Crippen molar-refractivity contribution in [1.29, 1.82) is 0 Å². The molecule has 1 aromatic carbocycles. The van der Waals surface area contributed by atoms with E-state index in [0.29, 0.717) is 24.2 Å². The zero-order valence-electron chi connectivity index (χ0n) is 11.3. The van der Waals surface area contributed by atoms with E-state index in [1.54, 1.807) is 31.2 Å². The number of carboxylic acids is 1. The van der Waals surface area contributed by atoms with E-state index in [0.717, 1.165) is 0 Å². The summed E-state index contributed by atoms with van der Waals surface area (Å²) in [6, 6.07) is 6.67. The van der Waals surface area contributed by atoms with E-state index in [9.17, 15) is 13.2 Å². The van der Waals surface area contributed by atoms with Gasteiger partial charge in [-0.2, -0.15) is 0 Å². The Morgan fingerprint density at radius 2 is 1.90 bits per heavy atom. The molecule has 1 N–H and O–H groups in total. The van der Waals surface area contributed by atoms with Gasteiger partial charge in [0.1, 0.15) is 0 Å². The first-order valence-electron chi connectivity index (χ1n) is 6.51. The molecule has 0 bridgehead atoms. The Bertz CT molecular complexity index is 576. The zero-order chi connectivity index (χ0) is 14.8. The van der Waals surface area contributed by atoms with Crippen LogP contribution in [0.15, 0.2) is 24.3 Å². The average molecular weight is 298 g/mol. The van der Waals surface area contributed by atoms with Crippen LogP contribution < -0.4 is 0 Å². The lowest BCUT2D eigenvalue weighted by atomic mass is 10.1. The number of sulfone groups is 1. The Balaban J connectivity index is 2.07. The van der Waals surface area contributed by atoms with Gasteiger partial charge in [-0.25, -0.2) is 8.42 Å². The third-order valence-corrected chi connectivity index (χ3v) is 5.79. The maximum absolute atomic E-state index is 12.3. The Morgan fingerprint density at radius 1 is 1.30 bits per heavy atom. The summed E-state index contributed by atoms with van der Waals surface area (Å²) >= 11 is 0. The lowest BCUT2D eigenvalue weighted by Gasteiger charge is -2.15. The summed E-state index contributed by atoms with van der Waals surface area (Å²) in [7, 11) is -3.24. The van der Waals surface area contributed by atoms with Gasteiger partial charge in [-0.3, -0.25) is 4.79 Å². The summed E-state index contributed by atoms with van der Waals surface area (Å²) in [5.74, 6) is -0.930. The molecule has 1 aromatic rings. The Labute approximate surface area is 118 Å². The predicted octanol–water partition coefficient (Wildman–Crippen LogP) is 1.41. The van der Waals surface area contributed by atoms with E-state index >= 15 is 0 Å². The number of hydrogen-bond acceptors (Lipinski definition) is 4. The normalized spacial score (nSPS) is 22.9. The standard InChI is InChI=1S/C14H18O5S/c1-10-13(6-7-19-10)20(17,18)9-12-4-2-11(3-5-12)8-14(15)16/h2-5,10,13H,6-9H2,1H3,(H,15,16). The third kappa shape index (κ3) is 3.58. The maximum atomic E-state index is 12.3. The lowest BCUT2D eigenvalue weighted by Crippen LogP contribution is -2.29. The largest absolute Gasteiger partial charge is 0.481 e. The highest BCUT2D eigenvalue weighted by molar-refractivity contribution is 7.91. The van der Waals surface area contributed by atoms with Crippen molar-refractivity contribution in [3.63, 3.8) is 0 Å². The molecule has 0 aromatic heterocycles. The molecule has 6 heteroatoms. The summed E-state index contributed by atoms with van der Waals surface area (Å²) in [4.78, 5) is 10.6. The Kier molecular flexibility index (Phi) is 4.45. The van der Waals surface area contributed by atoms with Crippen LogP contribution in [-0.2, 0) is 31.5 Å². The molecular formula is C14H18O5S. The molecule has 2 unspecified atom stereocenters. The number of rotatable bonds is 5. The molecule has 0 spiro atoms. The molecule has 2 atom stereocenters. The van der Waals surface area contributed by atoms with Crippen molar-refractivity contribution in [2.24, 2.45) is 0 Å². The summed E-state index contributed by atoms with van der Waals surface area (Å²) in [6.07, 6.45) is 0.229. The van der Waals surface area contributed by atoms with E-state index in [-0.39, 0.29) is 18.3 Å². The van der Waals surface area contributed by atoms with E-state index < -0.39 is 21.1 Å². The van der Waals surface area contributed by atoms with Crippen LogP contribution in [0.1, 0.15) is 24.5 Å². The second-order valence-corrected chi connectivity index (χ2v) is 7.32. The van der Waals surface area contributed by atoms with Gasteiger partial charge in [-0.1, -0.05) is 24.3 Å². The van der Waals surface area contributed by atoms with E-state index in [4.69, 9.17) is 9.84 Å². The quantitative estimate of drug-likeness (QED) is 0.889. The fraction of sp³-hybridized carbons (Fsp3) is 0.500. The van der Waals surface area contributed by atoms with Crippen molar-refractivity contribution in [2.75, 3.05) is 6.61 Å². The van der Waals surface area contributed by atoms with Crippen LogP contribution in [0.3, 0.4) is 0 Å². The maximum Gasteiger partial charge on any atom is 0.307 e. The molecular weight excluding hydrogens is 280 g/mol. The van der Waals surface area contributed by atoms with Gasteiger partial charge in [0.25, 0.3) is 0 Å². The summed E-state index contributed by atoms with van der Waals surface area (Å²) in [5.41, 5.74) is 1.34. The molecule has 1 heterocycles. The highest BCUT2D eigenvalue weighted by atomic mass is 32.2. The number of aliphatic carboxylic acids is 1. The van der Waals surface area contributed by atoms with Gasteiger partial charge < -0.3 is 9.84 Å². The Morgan fingerprint density at radius 3 is 2.40 bits per heavy atom. The molecule has 5 nitrogen and oxygen atoms in total. The fourth-order valence-electron chi connectivity index (χ4n) is 2.45. The highest BCUT2D eigenvalue weighted by Crippen LogP contribution is 2.24. The van der Waals surface area contributed by atoms with Crippen molar-refractivity contribution in [3.8, 4) is 0 Å². The fourth-order valence-corrected chi connectivity index (χ4v) is 4.44. The van der Waals surface area contributed by atoms with Gasteiger partial charge >= 0.3 is 5.97 Å². The SMILES string of the molecule is CC1OCCC1S(=O)(=O)Cc1ccc(CC(=O)O)cc1. The van der Waals surface area contributed by atoms with E-state index in [1.807, 2.05) is 0 Å². The van der Waals surface area contributed by atoms with Crippen LogP contribution >= 0.6 is 0 Å². The van der Waals surface area contributed by atoms with Gasteiger partial charge in [0.05, 0.1) is 23.5 Å². The topological polar surface area (TPSA) is 80.7 Å². The third-order valence-electron chi connectivity index (χ3n) is 3.51. The molecule has 0 aliphatic carbocycles. The minimum Gasteiger partial charge on any atom is -0.481 e. The smallest absolute Gasteiger partial charge is 0.307 e. The molecule has 20 heavy (non-hydrogen) atoms. The molecule has 2 rings (SSSR count). The van der Waals surface area contributed by atoms with Crippen LogP contribution in [-0.4, -0.2) is 37.5 Å².